The summed E-state index contributed by atoms with van der Waals surface area (Å²) in [5, 5.41) is 7.45. The van der Waals surface area contributed by atoms with E-state index in [4.69, 9.17) is 21.3 Å². The van der Waals surface area contributed by atoms with Crippen molar-refractivity contribution in [2.45, 2.75) is 82.9 Å². The number of aryl methyl sites for hydroxylation is 2. The summed E-state index contributed by atoms with van der Waals surface area (Å²) in [7, 11) is -3.89. The van der Waals surface area contributed by atoms with Crippen LogP contribution in [0.4, 0.5) is 16.6 Å². The lowest BCUT2D eigenvalue weighted by Gasteiger charge is -2.30. The van der Waals surface area contributed by atoms with E-state index in [-0.39, 0.29) is 33.9 Å². The van der Waals surface area contributed by atoms with Crippen LogP contribution in [-0.2, 0) is 14.8 Å². The SMILES string of the molecule is Cc1cc2nc(NC3CCC(NC(=O)OC(C)(C)C)CC3)ncc2cc1-c1ccc(NS(=O)(=O)c2ccccc2Cl)nc1C. The van der Waals surface area contributed by atoms with E-state index in [1.165, 1.54) is 12.1 Å². The Labute approximate surface area is 263 Å². The molecule has 0 spiro atoms. The summed E-state index contributed by atoms with van der Waals surface area (Å²) < 4.78 is 33.6. The highest BCUT2D eigenvalue weighted by Gasteiger charge is 2.25. The quantitative estimate of drug-likeness (QED) is 0.197. The average Bonchev–Trinajstić information content (AvgIpc) is 2.93. The number of carbonyl (C=O) groups excluding carboxylic acids is 1. The second kappa shape index (κ2) is 12.6. The van der Waals surface area contributed by atoms with Crippen LogP contribution in [0.3, 0.4) is 0 Å². The van der Waals surface area contributed by atoms with E-state index in [1.807, 2.05) is 52.8 Å². The van der Waals surface area contributed by atoms with E-state index in [0.29, 0.717) is 11.6 Å². The number of hydrogen-bond donors (Lipinski definition) is 3. The normalized spacial score (nSPS) is 17.2. The molecule has 0 bridgehead atoms. The van der Waals surface area contributed by atoms with Gasteiger partial charge in [0.2, 0.25) is 5.95 Å². The molecule has 2 aromatic carbocycles. The summed E-state index contributed by atoms with van der Waals surface area (Å²) in [6.07, 6.45) is 4.90. The Morgan fingerprint density at radius 3 is 2.34 bits per heavy atom. The molecule has 3 N–H and O–H groups in total. The van der Waals surface area contributed by atoms with Gasteiger partial charge < -0.3 is 15.4 Å². The fourth-order valence-corrected chi connectivity index (χ4v) is 6.86. The third kappa shape index (κ3) is 7.57. The van der Waals surface area contributed by atoms with E-state index in [1.54, 1.807) is 24.4 Å². The Hall–Kier alpha value is -3.96. The number of anilines is 2. The van der Waals surface area contributed by atoms with Crippen molar-refractivity contribution in [3.05, 3.63) is 71.0 Å². The average molecular weight is 637 g/mol. The van der Waals surface area contributed by atoms with Gasteiger partial charge in [-0.1, -0.05) is 23.7 Å². The first-order valence-corrected chi connectivity index (χ1v) is 16.4. The summed E-state index contributed by atoms with van der Waals surface area (Å²) in [4.78, 5) is 26.0. The molecule has 0 atom stereocenters. The Balaban J connectivity index is 1.25. The molecule has 0 radical (unpaired) electrons. The van der Waals surface area contributed by atoms with Crippen molar-refractivity contribution in [2.75, 3.05) is 10.0 Å². The molecular weight excluding hydrogens is 600 g/mol. The van der Waals surface area contributed by atoms with Gasteiger partial charge in [-0.3, -0.25) is 4.72 Å². The molecule has 0 unspecified atom stereocenters. The smallest absolute Gasteiger partial charge is 0.407 e. The van der Waals surface area contributed by atoms with Crippen LogP contribution in [0.5, 0.6) is 0 Å². The highest BCUT2D eigenvalue weighted by atomic mass is 35.5. The first kappa shape index (κ1) is 31.5. The number of halogens is 1. The number of alkyl carbamates (subject to hydrolysis) is 1. The largest absolute Gasteiger partial charge is 0.444 e. The van der Waals surface area contributed by atoms with Gasteiger partial charge in [0.1, 0.15) is 16.3 Å². The zero-order chi connectivity index (χ0) is 31.6. The van der Waals surface area contributed by atoms with Gasteiger partial charge in [-0.15, -0.1) is 0 Å². The highest BCUT2D eigenvalue weighted by molar-refractivity contribution is 7.92. The number of pyridine rings is 1. The summed E-state index contributed by atoms with van der Waals surface area (Å²) in [5.41, 5.74) is 3.82. The van der Waals surface area contributed by atoms with Crippen LogP contribution >= 0.6 is 11.6 Å². The van der Waals surface area contributed by atoms with Crippen LogP contribution in [0.1, 0.15) is 57.7 Å². The molecule has 0 aliphatic heterocycles. The molecule has 1 aliphatic rings. The van der Waals surface area contributed by atoms with Gasteiger partial charge in [0.15, 0.2) is 0 Å². The van der Waals surface area contributed by atoms with Gasteiger partial charge in [0.25, 0.3) is 10.0 Å². The van der Waals surface area contributed by atoms with E-state index >= 15 is 0 Å². The van der Waals surface area contributed by atoms with Crippen LogP contribution < -0.4 is 15.4 Å². The summed E-state index contributed by atoms with van der Waals surface area (Å²) >= 11 is 6.10. The molecule has 1 fully saturated rings. The lowest BCUT2D eigenvalue weighted by molar-refractivity contribution is 0.0492. The van der Waals surface area contributed by atoms with Crippen LogP contribution in [-0.4, -0.2) is 47.1 Å². The Kier molecular flexibility index (Phi) is 8.99. The molecule has 1 aliphatic carbocycles. The molecule has 12 heteroatoms. The third-order valence-electron chi connectivity index (χ3n) is 7.45. The molecule has 232 valence electrons. The Bertz CT molecular complexity index is 1800. The monoisotopic (exact) mass is 636 g/mol. The predicted molar refractivity (Wildman–Crippen MR) is 174 cm³/mol. The number of rotatable bonds is 7. The molecule has 44 heavy (non-hydrogen) atoms. The van der Waals surface area contributed by atoms with Crippen molar-refractivity contribution in [3.63, 3.8) is 0 Å². The zero-order valence-corrected chi connectivity index (χ0v) is 27.0. The minimum Gasteiger partial charge on any atom is -0.444 e. The number of amides is 1. The lowest BCUT2D eigenvalue weighted by Crippen LogP contribution is -2.42. The maximum atomic E-state index is 12.9. The van der Waals surface area contributed by atoms with Gasteiger partial charge in [-0.25, -0.2) is 28.2 Å². The number of nitrogens with one attached hydrogen (secondary N) is 3. The zero-order valence-electron chi connectivity index (χ0n) is 25.4. The number of nitrogens with zero attached hydrogens (tertiary/aromatic N) is 3. The first-order valence-electron chi connectivity index (χ1n) is 14.6. The third-order valence-corrected chi connectivity index (χ3v) is 9.30. The topological polar surface area (TPSA) is 135 Å². The van der Waals surface area contributed by atoms with Crippen molar-refractivity contribution in [2.24, 2.45) is 0 Å². The van der Waals surface area contributed by atoms with Crippen LogP contribution in [0.25, 0.3) is 22.0 Å². The molecule has 2 heterocycles. The lowest BCUT2D eigenvalue weighted by atomic mass is 9.91. The number of hydrogen-bond acceptors (Lipinski definition) is 8. The number of fused-ring (bicyclic) bond motifs is 1. The molecule has 5 rings (SSSR count). The number of ether oxygens (including phenoxy) is 1. The van der Waals surface area contributed by atoms with Gasteiger partial charge in [-0.2, -0.15) is 0 Å². The maximum Gasteiger partial charge on any atom is 0.407 e. The number of sulfonamides is 1. The second-order valence-electron chi connectivity index (χ2n) is 12.1. The van der Waals surface area contributed by atoms with Crippen LogP contribution in [0.15, 0.2) is 59.6 Å². The Morgan fingerprint density at radius 1 is 0.955 bits per heavy atom. The van der Waals surface area contributed by atoms with Gasteiger partial charge in [0, 0.05) is 34.9 Å². The number of aromatic nitrogens is 3. The van der Waals surface area contributed by atoms with Gasteiger partial charge >= 0.3 is 6.09 Å². The molecule has 1 amide bonds. The standard InChI is InChI=1S/C32H37ClN6O4S/c1-19-16-27-21(18-34-30(38-27)36-22-10-12-23(13-11-22)37-31(40)43-32(3,4)5)17-25(19)24-14-15-29(35-20(24)2)39-44(41,42)28-9-7-6-8-26(28)33/h6-9,14-18,22-23H,10-13H2,1-5H3,(H,35,39)(H,37,40)(H,34,36,38). The van der Waals surface area contributed by atoms with Gasteiger partial charge in [0.05, 0.1) is 10.5 Å². The highest BCUT2D eigenvalue weighted by Crippen LogP contribution is 2.31. The van der Waals surface area contributed by atoms with Gasteiger partial charge in [-0.05, 0) is 108 Å². The summed E-state index contributed by atoms with van der Waals surface area (Å²) in [6.45, 7) is 9.42. The van der Waals surface area contributed by atoms with Crippen molar-refractivity contribution < 1.29 is 17.9 Å². The van der Waals surface area contributed by atoms with Crippen molar-refractivity contribution in [3.8, 4) is 11.1 Å². The first-order chi connectivity index (χ1) is 20.8. The summed E-state index contributed by atoms with van der Waals surface area (Å²) in [6, 6.07) is 14.1. The minimum atomic E-state index is -3.89. The molecule has 4 aromatic rings. The van der Waals surface area contributed by atoms with Crippen molar-refractivity contribution >= 4 is 50.4 Å². The Morgan fingerprint density at radius 2 is 1.66 bits per heavy atom. The molecule has 2 aromatic heterocycles. The summed E-state index contributed by atoms with van der Waals surface area (Å²) in [5.74, 6) is 0.777. The fourth-order valence-electron chi connectivity index (χ4n) is 5.34. The molecule has 10 nitrogen and oxygen atoms in total. The molecular formula is C32H37ClN6O4S. The molecule has 1 saturated carbocycles. The van der Waals surface area contributed by atoms with E-state index in [0.717, 1.165) is 53.3 Å². The maximum absolute atomic E-state index is 12.9. The van der Waals surface area contributed by atoms with Crippen LogP contribution in [0, 0.1) is 13.8 Å². The van der Waals surface area contributed by atoms with Crippen molar-refractivity contribution in [1.82, 2.24) is 20.3 Å². The molecule has 0 saturated heterocycles. The van der Waals surface area contributed by atoms with E-state index in [2.05, 4.69) is 25.3 Å². The van der Waals surface area contributed by atoms with Crippen molar-refractivity contribution in [1.29, 1.82) is 0 Å². The fraction of sp³-hybridized carbons (Fsp3) is 0.375. The van der Waals surface area contributed by atoms with E-state index in [9.17, 15) is 13.2 Å². The number of carbonyl (C=O) groups is 1. The second-order valence-corrected chi connectivity index (χ2v) is 14.2. The predicted octanol–water partition coefficient (Wildman–Crippen LogP) is 7.01. The number of benzene rings is 2. The minimum absolute atomic E-state index is 0.00712. The van der Waals surface area contributed by atoms with E-state index < -0.39 is 15.6 Å². The van der Waals surface area contributed by atoms with Crippen LogP contribution in [0.2, 0.25) is 5.02 Å².